The number of nitrogens with one attached hydrogen (secondary N) is 3. The van der Waals surface area contributed by atoms with E-state index in [1.54, 1.807) is 48.5 Å². The number of hydrazone groups is 1. The molecule has 0 saturated carbocycles. The van der Waals surface area contributed by atoms with Crippen LogP contribution in [-0.4, -0.2) is 35.9 Å². The summed E-state index contributed by atoms with van der Waals surface area (Å²) < 4.78 is 0.903. The first kappa shape index (κ1) is 26.0. The van der Waals surface area contributed by atoms with Gasteiger partial charge in [-0.05, 0) is 95.4 Å². The SMILES string of the molecule is O=C(N/N=C\[C@@H]1C(=O)NC(=O)N(c2ccc(I)cc2)C1=O)c1ccc(NC(=O)c2ccc(Cl)cc2)cc1. The molecule has 186 valence electrons. The van der Waals surface area contributed by atoms with E-state index in [0.717, 1.165) is 14.7 Å². The molecule has 3 N–H and O–H groups in total. The molecule has 0 spiro atoms. The molecular formula is C25H17ClIN5O5. The summed E-state index contributed by atoms with van der Waals surface area (Å²) in [5, 5.41) is 9.06. The van der Waals surface area contributed by atoms with Crippen LogP contribution in [0.1, 0.15) is 20.7 Å². The van der Waals surface area contributed by atoms with Gasteiger partial charge in [0.25, 0.3) is 17.7 Å². The molecule has 6 amide bonds. The maximum absolute atomic E-state index is 12.8. The molecule has 0 aromatic heterocycles. The number of benzene rings is 3. The molecule has 1 heterocycles. The summed E-state index contributed by atoms with van der Waals surface area (Å²) in [4.78, 5) is 62.8. The minimum Gasteiger partial charge on any atom is -0.322 e. The second kappa shape index (κ2) is 11.3. The molecule has 3 aromatic rings. The van der Waals surface area contributed by atoms with Gasteiger partial charge in [0, 0.05) is 31.6 Å². The quantitative estimate of drug-likeness (QED) is 0.165. The fourth-order valence-electron chi connectivity index (χ4n) is 3.30. The number of carbonyl (C=O) groups excluding carboxylic acids is 5. The summed E-state index contributed by atoms with van der Waals surface area (Å²) in [6.07, 6.45) is 0.961. The molecule has 1 aliphatic rings. The van der Waals surface area contributed by atoms with Crippen LogP contribution in [0.4, 0.5) is 16.2 Å². The van der Waals surface area contributed by atoms with E-state index in [9.17, 15) is 24.0 Å². The largest absolute Gasteiger partial charge is 0.335 e. The third-order valence-electron chi connectivity index (χ3n) is 5.19. The second-order valence-electron chi connectivity index (χ2n) is 7.68. The minimum absolute atomic E-state index is 0.219. The summed E-state index contributed by atoms with van der Waals surface area (Å²) >= 11 is 7.91. The second-order valence-corrected chi connectivity index (χ2v) is 9.36. The summed E-state index contributed by atoms with van der Waals surface area (Å²) in [6.45, 7) is 0. The van der Waals surface area contributed by atoms with Crippen LogP contribution in [0.5, 0.6) is 0 Å². The molecule has 0 aliphatic carbocycles. The van der Waals surface area contributed by atoms with E-state index in [2.05, 4.69) is 43.8 Å². The lowest BCUT2D eigenvalue weighted by Crippen LogP contribution is -2.58. The molecule has 1 saturated heterocycles. The van der Waals surface area contributed by atoms with Gasteiger partial charge < -0.3 is 5.32 Å². The number of anilines is 2. The van der Waals surface area contributed by atoms with Crippen molar-refractivity contribution < 1.29 is 24.0 Å². The van der Waals surface area contributed by atoms with Crippen LogP contribution >= 0.6 is 34.2 Å². The molecule has 0 unspecified atom stereocenters. The van der Waals surface area contributed by atoms with Gasteiger partial charge in [-0.3, -0.25) is 24.5 Å². The molecule has 4 rings (SSSR count). The summed E-state index contributed by atoms with van der Waals surface area (Å²) in [7, 11) is 0. The van der Waals surface area contributed by atoms with Crippen molar-refractivity contribution in [2.75, 3.05) is 10.2 Å². The van der Waals surface area contributed by atoms with Gasteiger partial charge >= 0.3 is 6.03 Å². The van der Waals surface area contributed by atoms with E-state index < -0.39 is 29.7 Å². The number of carbonyl (C=O) groups is 5. The highest BCUT2D eigenvalue weighted by Crippen LogP contribution is 2.21. The number of hydrogen-bond acceptors (Lipinski definition) is 6. The molecule has 1 aliphatic heterocycles. The lowest BCUT2D eigenvalue weighted by atomic mass is 10.1. The number of amides is 6. The molecular weight excluding hydrogens is 613 g/mol. The van der Waals surface area contributed by atoms with Crippen molar-refractivity contribution in [2.45, 2.75) is 0 Å². The van der Waals surface area contributed by atoms with Crippen LogP contribution < -0.4 is 21.0 Å². The Kier molecular flexibility index (Phi) is 7.94. The highest BCUT2D eigenvalue weighted by Gasteiger charge is 2.40. The number of urea groups is 1. The molecule has 1 fully saturated rings. The zero-order valence-electron chi connectivity index (χ0n) is 18.8. The zero-order chi connectivity index (χ0) is 26.5. The fourth-order valence-corrected chi connectivity index (χ4v) is 3.79. The van der Waals surface area contributed by atoms with Crippen LogP contribution in [0.3, 0.4) is 0 Å². The van der Waals surface area contributed by atoms with Gasteiger partial charge in [0.2, 0.25) is 5.91 Å². The molecule has 1 atom stereocenters. The Morgan fingerprint density at radius 2 is 1.49 bits per heavy atom. The predicted octanol–water partition coefficient (Wildman–Crippen LogP) is 3.81. The molecule has 12 heteroatoms. The van der Waals surface area contributed by atoms with Gasteiger partial charge in [0.15, 0.2) is 5.92 Å². The first-order chi connectivity index (χ1) is 17.7. The number of rotatable bonds is 6. The number of nitrogens with zero attached hydrogens (tertiary/aromatic N) is 2. The van der Waals surface area contributed by atoms with E-state index in [1.165, 1.54) is 24.3 Å². The third-order valence-corrected chi connectivity index (χ3v) is 6.16. The Morgan fingerprint density at radius 1 is 0.892 bits per heavy atom. The summed E-state index contributed by atoms with van der Waals surface area (Å²) in [5.41, 5.74) is 3.64. The van der Waals surface area contributed by atoms with E-state index in [1.807, 2.05) is 0 Å². The lowest BCUT2D eigenvalue weighted by molar-refractivity contribution is -0.131. The van der Waals surface area contributed by atoms with Gasteiger partial charge in [0.1, 0.15) is 0 Å². The topological polar surface area (TPSA) is 137 Å². The number of barbiturate groups is 1. The summed E-state index contributed by atoms with van der Waals surface area (Å²) in [5.74, 6) is -4.01. The summed E-state index contributed by atoms with van der Waals surface area (Å²) in [6, 6.07) is 18.1. The number of halogens is 2. The van der Waals surface area contributed by atoms with E-state index in [-0.39, 0.29) is 11.5 Å². The maximum atomic E-state index is 12.8. The number of hydrogen-bond donors (Lipinski definition) is 3. The number of imide groups is 2. The van der Waals surface area contributed by atoms with Crippen LogP contribution in [0.25, 0.3) is 0 Å². The normalized spacial score (nSPS) is 15.5. The van der Waals surface area contributed by atoms with E-state index >= 15 is 0 Å². The van der Waals surface area contributed by atoms with Crippen molar-refractivity contribution in [3.05, 3.63) is 92.5 Å². The average molecular weight is 630 g/mol. The van der Waals surface area contributed by atoms with Crippen LogP contribution in [0, 0.1) is 9.49 Å². The smallest absolute Gasteiger partial charge is 0.322 e. The standard InChI is InChI=1S/C25H17ClIN5O5/c26-16-5-1-14(2-6-16)21(33)29-18-9-3-15(4-10-18)22(34)31-28-13-20-23(35)30-25(37)32(24(20)36)19-11-7-17(27)8-12-19/h1-13,20H,(H,29,33)(H,31,34)(H,30,35,37)/b28-13-/t20-/m1/s1. The highest BCUT2D eigenvalue weighted by molar-refractivity contribution is 14.1. The van der Waals surface area contributed by atoms with Crippen molar-refractivity contribution in [3.63, 3.8) is 0 Å². The Balaban J connectivity index is 1.37. The van der Waals surface area contributed by atoms with Crippen LogP contribution in [0.15, 0.2) is 77.9 Å². The van der Waals surface area contributed by atoms with Gasteiger partial charge in [-0.15, -0.1) is 0 Å². The Hall–Kier alpha value is -4.10. The van der Waals surface area contributed by atoms with Crippen LogP contribution in [0.2, 0.25) is 5.02 Å². The predicted molar refractivity (Wildman–Crippen MR) is 145 cm³/mol. The lowest BCUT2D eigenvalue weighted by Gasteiger charge is -2.28. The Labute approximate surface area is 229 Å². The van der Waals surface area contributed by atoms with Gasteiger partial charge in [-0.25, -0.2) is 15.1 Å². The Morgan fingerprint density at radius 3 is 2.14 bits per heavy atom. The molecule has 0 radical (unpaired) electrons. The van der Waals surface area contributed by atoms with Crippen molar-refractivity contribution >= 4 is 81.4 Å². The van der Waals surface area contributed by atoms with Crippen molar-refractivity contribution in [1.29, 1.82) is 0 Å². The third kappa shape index (κ3) is 6.19. The van der Waals surface area contributed by atoms with Crippen molar-refractivity contribution in [3.8, 4) is 0 Å². The molecule has 37 heavy (non-hydrogen) atoms. The van der Waals surface area contributed by atoms with E-state index in [0.29, 0.717) is 22.0 Å². The van der Waals surface area contributed by atoms with Crippen LogP contribution in [-0.2, 0) is 9.59 Å². The monoisotopic (exact) mass is 629 g/mol. The first-order valence-corrected chi connectivity index (χ1v) is 12.1. The highest BCUT2D eigenvalue weighted by atomic mass is 127. The van der Waals surface area contributed by atoms with Crippen molar-refractivity contribution in [1.82, 2.24) is 10.7 Å². The van der Waals surface area contributed by atoms with Crippen molar-refractivity contribution in [2.24, 2.45) is 11.0 Å². The first-order valence-electron chi connectivity index (χ1n) is 10.7. The van der Waals surface area contributed by atoms with Gasteiger partial charge in [-0.1, -0.05) is 11.6 Å². The molecule has 0 bridgehead atoms. The molecule has 3 aromatic carbocycles. The van der Waals surface area contributed by atoms with Gasteiger partial charge in [-0.2, -0.15) is 5.10 Å². The van der Waals surface area contributed by atoms with Gasteiger partial charge in [0.05, 0.1) is 5.69 Å². The molecule has 10 nitrogen and oxygen atoms in total. The maximum Gasteiger partial charge on any atom is 0.335 e. The fraction of sp³-hybridized carbons (Fsp3) is 0.0400. The Bertz CT molecular complexity index is 1410. The minimum atomic E-state index is -1.41. The average Bonchev–Trinajstić information content (AvgIpc) is 2.87. The zero-order valence-corrected chi connectivity index (χ0v) is 21.7. The van der Waals surface area contributed by atoms with E-state index in [4.69, 9.17) is 11.6 Å².